The maximum absolute atomic E-state index is 13.8. The number of carbonyl (C=O) groups excluding carboxylic acids is 1. The Morgan fingerprint density at radius 2 is 1.83 bits per heavy atom. The number of amides is 1. The van der Waals surface area contributed by atoms with E-state index in [2.05, 4.69) is 5.32 Å². The monoisotopic (exact) mass is 412 g/mol. The zero-order valence-corrected chi connectivity index (χ0v) is 16.4. The van der Waals surface area contributed by atoms with E-state index in [4.69, 9.17) is 15.3 Å². The van der Waals surface area contributed by atoms with Crippen molar-refractivity contribution in [1.29, 1.82) is 5.41 Å². The molecule has 0 saturated heterocycles. The van der Waals surface area contributed by atoms with Gasteiger partial charge in [-0.2, -0.15) is 11.3 Å². The Morgan fingerprint density at radius 3 is 2.41 bits per heavy atom. The molecule has 0 fully saturated rings. The Kier molecular flexibility index (Phi) is 5.74. The van der Waals surface area contributed by atoms with Crippen molar-refractivity contribution in [1.82, 2.24) is 5.32 Å². The number of benzene rings is 2. The summed E-state index contributed by atoms with van der Waals surface area (Å²) >= 11 is 1.57. The van der Waals surface area contributed by atoms with Crippen molar-refractivity contribution in [3.8, 4) is 16.9 Å². The first-order valence-corrected chi connectivity index (χ1v) is 9.40. The van der Waals surface area contributed by atoms with Crippen LogP contribution in [0.3, 0.4) is 0 Å². The third kappa shape index (κ3) is 4.17. The lowest BCUT2D eigenvalue weighted by Crippen LogP contribution is -2.30. The number of nitrogens with one attached hydrogen (secondary N) is 2. The van der Waals surface area contributed by atoms with E-state index in [9.17, 15) is 14.0 Å². The van der Waals surface area contributed by atoms with E-state index in [0.29, 0.717) is 5.75 Å². The molecule has 1 aromatic heterocycles. The molecule has 1 heterocycles. The SMILES string of the molecule is COc1cc(C(=O)NC(=N)c2ccc(C(=O)O)c(F)c2)ccc1-c1cscc1C. The predicted molar refractivity (Wildman–Crippen MR) is 109 cm³/mol. The normalized spacial score (nSPS) is 10.4. The number of amidine groups is 1. The van der Waals surface area contributed by atoms with Crippen molar-refractivity contribution in [3.63, 3.8) is 0 Å². The van der Waals surface area contributed by atoms with Crippen LogP contribution in [0.25, 0.3) is 11.1 Å². The van der Waals surface area contributed by atoms with Gasteiger partial charge >= 0.3 is 5.97 Å². The second kappa shape index (κ2) is 8.24. The van der Waals surface area contributed by atoms with E-state index in [0.717, 1.165) is 28.8 Å². The molecule has 3 aromatic rings. The highest BCUT2D eigenvalue weighted by Crippen LogP contribution is 2.34. The smallest absolute Gasteiger partial charge is 0.338 e. The van der Waals surface area contributed by atoms with Gasteiger partial charge in [-0.05, 0) is 59.1 Å². The quantitative estimate of drug-likeness (QED) is 0.429. The van der Waals surface area contributed by atoms with Crippen LogP contribution >= 0.6 is 11.3 Å². The summed E-state index contributed by atoms with van der Waals surface area (Å²) in [6.07, 6.45) is 0. The summed E-state index contributed by atoms with van der Waals surface area (Å²) in [7, 11) is 1.51. The van der Waals surface area contributed by atoms with Gasteiger partial charge in [-0.3, -0.25) is 10.2 Å². The van der Waals surface area contributed by atoms with Crippen LogP contribution in [0, 0.1) is 18.2 Å². The van der Waals surface area contributed by atoms with Gasteiger partial charge in [-0.25, -0.2) is 9.18 Å². The van der Waals surface area contributed by atoms with Gasteiger partial charge in [0.15, 0.2) is 0 Å². The molecule has 1 amide bonds. The number of ether oxygens (including phenoxy) is 1. The van der Waals surface area contributed by atoms with Gasteiger partial charge in [0.05, 0.1) is 12.7 Å². The van der Waals surface area contributed by atoms with Gasteiger partial charge in [-0.1, -0.05) is 6.07 Å². The second-order valence-electron chi connectivity index (χ2n) is 6.21. The molecule has 8 heteroatoms. The van der Waals surface area contributed by atoms with Gasteiger partial charge in [0, 0.05) is 16.7 Å². The second-order valence-corrected chi connectivity index (χ2v) is 6.96. The van der Waals surface area contributed by atoms with E-state index in [1.165, 1.54) is 13.2 Å². The summed E-state index contributed by atoms with van der Waals surface area (Å²) in [6, 6.07) is 8.17. The first kappa shape index (κ1) is 20.2. The highest BCUT2D eigenvalue weighted by Gasteiger charge is 2.17. The summed E-state index contributed by atoms with van der Waals surface area (Å²) in [6.45, 7) is 1.99. The molecular formula is C21H17FN2O4S. The lowest BCUT2D eigenvalue weighted by molar-refractivity contribution is 0.0691. The van der Waals surface area contributed by atoms with Gasteiger partial charge < -0.3 is 15.2 Å². The molecule has 0 aliphatic heterocycles. The zero-order chi connectivity index (χ0) is 21.1. The Labute approximate surface area is 170 Å². The summed E-state index contributed by atoms with van der Waals surface area (Å²) in [5.74, 6) is -2.78. The van der Waals surface area contributed by atoms with Crippen LogP contribution in [-0.2, 0) is 0 Å². The summed E-state index contributed by atoms with van der Waals surface area (Å²) in [5, 5.41) is 23.3. The van der Waals surface area contributed by atoms with Crippen LogP contribution in [0.15, 0.2) is 47.2 Å². The summed E-state index contributed by atoms with van der Waals surface area (Å²) in [5.41, 5.74) is 2.78. The highest BCUT2D eigenvalue weighted by atomic mass is 32.1. The average Bonchev–Trinajstić information content (AvgIpc) is 3.12. The number of methoxy groups -OCH3 is 1. The minimum atomic E-state index is -1.40. The molecular weight excluding hydrogens is 395 g/mol. The summed E-state index contributed by atoms with van der Waals surface area (Å²) < 4.78 is 19.2. The standard InChI is InChI=1S/C21H17FN2O4S/c1-11-9-29-10-16(11)14-5-4-13(8-18(14)28-2)20(25)24-19(23)12-3-6-15(21(26)27)17(22)7-12/h3-10H,1-2H3,(H,26,27)(H2,23,24,25). The number of thiophene rings is 1. The molecule has 0 atom stereocenters. The Bertz CT molecular complexity index is 1120. The van der Waals surface area contributed by atoms with Crippen molar-refractivity contribution in [2.24, 2.45) is 0 Å². The van der Waals surface area contributed by atoms with Gasteiger partial charge in [0.1, 0.15) is 17.4 Å². The van der Waals surface area contributed by atoms with Crippen LogP contribution in [0.1, 0.15) is 31.8 Å². The fourth-order valence-electron chi connectivity index (χ4n) is 2.79. The molecule has 2 aromatic carbocycles. The fraction of sp³-hybridized carbons (Fsp3) is 0.0952. The number of aryl methyl sites for hydroxylation is 1. The molecule has 148 valence electrons. The molecule has 0 aliphatic carbocycles. The third-order valence-electron chi connectivity index (χ3n) is 4.34. The molecule has 0 radical (unpaired) electrons. The topological polar surface area (TPSA) is 99.5 Å². The van der Waals surface area contributed by atoms with Crippen LogP contribution in [-0.4, -0.2) is 29.9 Å². The number of hydrogen-bond donors (Lipinski definition) is 3. The van der Waals surface area contributed by atoms with E-state index >= 15 is 0 Å². The Morgan fingerprint density at radius 1 is 1.10 bits per heavy atom. The molecule has 0 aliphatic rings. The minimum Gasteiger partial charge on any atom is -0.496 e. The molecule has 0 spiro atoms. The van der Waals surface area contributed by atoms with Crippen molar-refractivity contribution in [2.75, 3.05) is 7.11 Å². The van der Waals surface area contributed by atoms with Crippen LogP contribution in [0.5, 0.6) is 5.75 Å². The van der Waals surface area contributed by atoms with Crippen molar-refractivity contribution >= 4 is 29.0 Å². The van der Waals surface area contributed by atoms with Crippen molar-refractivity contribution < 1.29 is 23.8 Å². The van der Waals surface area contributed by atoms with Crippen LogP contribution < -0.4 is 10.1 Å². The molecule has 0 bridgehead atoms. The molecule has 3 N–H and O–H groups in total. The molecule has 3 rings (SSSR count). The van der Waals surface area contributed by atoms with E-state index in [1.54, 1.807) is 29.5 Å². The van der Waals surface area contributed by atoms with Crippen molar-refractivity contribution in [3.05, 3.63) is 75.2 Å². The lowest BCUT2D eigenvalue weighted by atomic mass is 10.0. The number of rotatable bonds is 5. The zero-order valence-electron chi connectivity index (χ0n) is 15.6. The van der Waals surface area contributed by atoms with E-state index in [1.807, 2.05) is 17.7 Å². The van der Waals surface area contributed by atoms with Gasteiger partial charge in [-0.15, -0.1) is 0 Å². The molecule has 0 unspecified atom stereocenters. The lowest BCUT2D eigenvalue weighted by Gasteiger charge is -2.12. The number of carbonyl (C=O) groups is 2. The first-order chi connectivity index (χ1) is 13.8. The molecule has 0 saturated carbocycles. The predicted octanol–water partition coefficient (Wildman–Crippen LogP) is 4.32. The fourth-order valence-corrected chi connectivity index (χ4v) is 3.64. The third-order valence-corrected chi connectivity index (χ3v) is 5.20. The first-order valence-electron chi connectivity index (χ1n) is 8.46. The Hall–Kier alpha value is -3.52. The van der Waals surface area contributed by atoms with Gasteiger partial charge in [0.2, 0.25) is 0 Å². The highest BCUT2D eigenvalue weighted by molar-refractivity contribution is 7.08. The molecule has 6 nitrogen and oxygen atoms in total. The number of hydrogen-bond acceptors (Lipinski definition) is 5. The maximum Gasteiger partial charge on any atom is 0.338 e. The number of carboxylic acids is 1. The van der Waals surface area contributed by atoms with Crippen LogP contribution in [0.4, 0.5) is 4.39 Å². The number of carboxylic acid groups (broad SMARTS) is 1. The van der Waals surface area contributed by atoms with Crippen LogP contribution in [0.2, 0.25) is 0 Å². The van der Waals surface area contributed by atoms with Gasteiger partial charge in [0.25, 0.3) is 5.91 Å². The number of aromatic carboxylic acids is 1. The Balaban J connectivity index is 1.82. The maximum atomic E-state index is 13.8. The largest absolute Gasteiger partial charge is 0.496 e. The average molecular weight is 412 g/mol. The molecule has 29 heavy (non-hydrogen) atoms. The van der Waals surface area contributed by atoms with E-state index < -0.39 is 23.3 Å². The summed E-state index contributed by atoms with van der Waals surface area (Å²) in [4.78, 5) is 23.4. The minimum absolute atomic E-state index is 0.0540. The van der Waals surface area contributed by atoms with Crippen molar-refractivity contribution in [2.45, 2.75) is 6.92 Å². The van der Waals surface area contributed by atoms with E-state index in [-0.39, 0.29) is 17.0 Å². The number of halogens is 1.